The van der Waals surface area contributed by atoms with Crippen molar-refractivity contribution in [3.8, 4) is 11.3 Å². The van der Waals surface area contributed by atoms with E-state index in [1.165, 1.54) is 6.42 Å². The molecule has 1 atom stereocenters. The Morgan fingerprint density at radius 2 is 2.17 bits per heavy atom. The quantitative estimate of drug-likeness (QED) is 0.882. The molecule has 1 saturated heterocycles. The van der Waals surface area contributed by atoms with Crippen LogP contribution in [0.1, 0.15) is 26.2 Å². The molecule has 1 aliphatic heterocycles. The van der Waals surface area contributed by atoms with Crippen LogP contribution in [0, 0.1) is 0 Å². The summed E-state index contributed by atoms with van der Waals surface area (Å²) < 4.78 is 5.74. The highest BCUT2D eigenvalue weighted by Gasteiger charge is 2.20. The molecular weight excluding hydrogens is 304 g/mol. The van der Waals surface area contributed by atoms with Crippen molar-refractivity contribution in [3.05, 3.63) is 36.5 Å². The normalized spacial score (nSPS) is 17.5. The van der Waals surface area contributed by atoms with Gasteiger partial charge in [-0.1, -0.05) is 12.1 Å². The minimum atomic E-state index is -0.0824. The minimum absolute atomic E-state index is 0.0824. The molecule has 2 N–H and O–H groups in total. The van der Waals surface area contributed by atoms with Crippen molar-refractivity contribution in [2.75, 3.05) is 25.0 Å². The lowest BCUT2D eigenvalue weighted by Crippen LogP contribution is -2.41. The van der Waals surface area contributed by atoms with Gasteiger partial charge < -0.3 is 15.0 Å². The molecule has 1 aliphatic rings. The number of hydrogen-bond donors (Lipinski definition) is 2. The van der Waals surface area contributed by atoms with Crippen molar-refractivity contribution in [2.24, 2.45) is 0 Å². The number of benzene rings is 1. The zero-order chi connectivity index (χ0) is 16.8. The summed E-state index contributed by atoms with van der Waals surface area (Å²) in [5.74, 6) is 0. The van der Waals surface area contributed by atoms with Crippen LogP contribution in [0.25, 0.3) is 11.3 Å². The number of nitrogens with one attached hydrogen (secondary N) is 2. The third kappa shape index (κ3) is 4.14. The first kappa shape index (κ1) is 16.5. The van der Waals surface area contributed by atoms with E-state index in [9.17, 15) is 4.79 Å². The van der Waals surface area contributed by atoms with Crippen molar-refractivity contribution in [1.29, 1.82) is 0 Å². The van der Waals surface area contributed by atoms with E-state index in [1.54, 1.807) is 11.1 Å². The summed E-state index contributed by atoms with van der Waals surface area (Å²) in [7, 11) is 0. The fourth-order valence-electron chi connectivity index (χ4n) is 2.91. The number of ether oxygens (including phenoxy) is 1. The average Bonchev–Trinajstić information content (AvgIpc) is 3.16. The number of anilines is 1. The standard InChI is InChI=1S/C18H24N4O2/c1-2-22(13-16-5-3-4-12-24-16)18(23)20-15-8-6-14(7-9-15)17-10-11-19-21-17/h6-11,16H,2-5,12-13H2,1H3,(H,19,21)(H,20,23)/t16-/m0/s1. The molecule has 24 heavy (non-hydrogen) atoms. The molecule has 128 valence electrons. The molecule has 0 unspecified atom stereocenters. The molecule has 2 amide bonds. The van der Waals surface area contributed by atoms with E-state index in [-0.39, 0.29) is 12.1 Å². The van der Waals surface area contributed by atoms with Crippen LogP contribution in [0.2, 0.25) is 0 Å². The van der Waals surface area contributed by atoms with Crippen molar-refractivity contribution in [3.63, 3.8) is 0 Å². The van der Waals surface area contributed by atoms with E-state index in [0.29, 0.717) is 13.1 Å². The Morgan fingerprint density at radius 3 is 2.79 bits per heavy atom. The molecule has 2 aromatic rings. The van der Waals surface area contributed by atoms with Crippen LogP contribution >= 0.6 is 0 Å². The molecule has 0 radical (unpaired) electrons. The Labute approximate surface area is 142 Å². The summed E-state index contributed by atoms with van der Waals surface area (Å²) in [6.45, 7) is 4.11. The van der Waals surface area contributed by atoms with Gasteiger partial charge in [0.2, 0.25) is 0 Å². The van der Waals surface area contributed by atoms with Gasteiger partial charge in [0.25, 0.3) is 0 Å². The van der Waals surface area contributed by atoms with Gasteiger partial charge in [0.1, 0.15) is 0 Å². The number of amides is 2. The van der Waals surface area contributed by atoms with E-state index in [0.717, 1.165) is 36.4 Å². The highest BCUT2D eigenvalue weighted by atomic mass is 16.5. The number of urea groups is 1. The van der Waals surface area contributed by atoms with Gasteiger partial charge >= 0.3 is 6.03 Å². The van der Waals surface area contributed by atoms with Crippen LogP contribution in [-0.2, 0) is 4.74 Å². The molecule has 6 nitrogen and oxygen atoms in total. The molecule has 1 aromatic heterocycles. The van der Waals surface area contributed by atoms with Crippen molar-refractivity contribution in [2.45, 2.75) is 32.3 Å². The summed E-state index contributed by atoms with van der Waals surface area (Å²) >= 11 is 0. The first-order valence-corrected chi connectivity index (χ1v) is 8.53. The lowest BCUT2D eigenvalue weighted by Gasteiger charge is -2.29. The number of H-pyrrole nitrogens is 1. The van der Waals surface area contributed by atoms with Crippen molar-refractivity contribution in [1.82, 2.24) is 15.1 Å². The van der Waals surface area contributed by atoms with Gasteiger partial charge in [0.15, 0.2) is 0 Å². The number of carbonyl (C=O) groups excluding carboxylic acids is 1. The zero-order valence-electron chi connectivity index (χ0n) is 14.0. The van der Waals surface area contributed by atoms with Gasteiger partial charge in [-0.05, 0) is 49.9 Å². The fourth-order valence-corrected chi connectivity index (χ4v) is 2.91. The van der Waals surface area contributed by atoms with E-state index in [4.69, 9.17) is 4.74 Å². The maximum atomic E-state index is 12.5. The maximum Gasteiger partial charge on any atom is 0.321 e. The van der Waals surface area contributed by atoms with Crippen molar-refractivity contribution < 1.29 is 9.53 Å². The van der Waals surface area contributed by atoms with Crippen molar-refractivity contribution >= 4 is 11.7 Å². The Hall–Kier alpha value is -2.34. The predicted molar refractivity (Wildman–Crippen MR) is 93.9 cm³/mol. The van der Waals surface area contributed by atoms with Gasteiger partial charge in [-0.2, -0.15) is 5.10 Å². The van der Waals surface area contributed by atoms with Gasteiger partial charge in [-0.15, -0.1) is 0 Å². The van der Waals surface area contributed by atoms with Crippen LogP contribution < -0.4 is 5.32 Å². The second kappa shape index (κ2) is 7.97. The Bertz CT molecular complexity index is 634. The first-order chi connectivity index (χ1) is 11.8. The number of carbonyl (C=O) groups is 1. The number of hydrogen-bond acceptors (Lipinski definition) is 3. The molecular formula is C18H24N4O2. The number of nitrogens with zero attached hydrogens (tertiary/aromatic N) is 2. The summed E-state index contributed by atoms with van der Waals surface area (Å²) in [5.41, 5.74) is 2.78. The smallest absolute Gasteiger partial charge is 0.321 e. The summed E-state index contributed by atoms with van der Waals surface area (Å²) in [5, 5.41) is 9.83. The molecule has 0 saturated carbocycles. The molecule has 3 rings (SSSR count). The molecule has 2 heterocycles. The number of aromatic nitrogens is 2. The van der Waals surface area contributed by atoms with E-state index in [1.807, 2.05) is 37.3 Å². The van der Waals surface area contributed by atoms with Crippen LogP contribution in [0.4, 0.5) is 10.5 Å². The zero-order valence-corrected chi connectivity index (χ0v) is 14.0. The Balaban J connectivity index is 1.58. The molecule has 1 fully saturated rings. The maximum absolute atomic E-state index is 12.5. The lowest BCUT2D eigenvalue weighted by molar-refractivity contribution is 0.00221. The van der Waals surface area contributed by atoms with E-state index in [2.05, 4.69) is 15.5 Å². The predicted octanol–water partition coefficient (Wildman–Crippen LogP) is 3.50. The summed E-state index contributed by atoms with van der Waals surface area (Å²) in [6, 6.07) is 9.56. The number of aromatic amines is 1. The average molecular weight is 328 g/mol. The fraction of sp³-hybridized carbons (Fsp3) is 0.444. The van der Waals surface area contributed by atoms with E-state index < -0.39 is 0 Å². The van der Waals surface area contributed by atoms with Gasteiger partial charge in [-0.25, -0.2) is 4.79 Å². The molecule has 0 spiro atoms. The Kier molecular flexibility index (Phi) is 5.48. The Morgan fingerprint density at radius 1 is 1.33 bits per heavy atom. The van der Waals surface area contributed by atoms with Gasteiger partial charge in [-0.3, -0.25) is 5.10 Å². The topological polar surface area (TPSA) is 70.2 Å². The molecule has 6 heteroatoms. The summed E-state index contributed by atoms with van der Waals surface area (Å²) in [4.78, 5) is 14.3. The first-order valence-electron chi connectivity index (χ1n) is 8.53. The van der Waals surface area contributed by atoms with Crippen LogP contribution in [0.3, 0.4) is 0 Å². The SMILES string of the molecule is CCN(C[C@@H]1CCCCO1)C(=O)Nc1ccc(-c2ccn[nH]2)cc1. The van der Waals surface area contributed by atoms with Crippen LogP contribution in [-0.4, -0.2) is 46.9 Å². The number of likely N-dealkylation sites (N-methyl/N-ethyl adjacent to an activating group) is 1. The summed E-state index contributed by atoms with van der Waals surface area (Å²) in [6.07, 6.45) is 5.21. The molecule has 1 aromatic carbocycles. The minimum Gasteiger partial charge on any atom is -0.376 e. The second-order valence-electron chi connectivity index (χ2n) is 6.01. The monoisotopic (exact) mass is 328 g/mol. The van der Waals surface area contributed by atoms with E-state index >= 15 is 0 Å². The largest absolute Gasteiger partial charge is 0.376 e. The van der Waals surface area contributed by atoms with Crippen LogP contribution in [0.5, 0.6) is 0 Å². The molecule has 0 aliphatic carbocycles. The highest BCUT2D eigenvalue weighted by Crippen LogP contribution is 2.19. The third-order valence-corrected chi connectivity index (χ3v) is 4.31. The lowest BCUT2D eigenvalue weighted by atomic mass is 10.1. The highest BCUT2D eigenvalue weighted by molar-refractivity contribution is 5.89. The number of rotatable bonds is 5. The third-order valence-electron chi connectivity index (χ3n) is 4.31. The molecule has 0 bridgehead atoms. The second-order valence-corrected chi connectivity index (χ2v) is 6.01. The van der Waals surface area contributed by atoms with Gasteiger partial charge in [0, 0.05) is 31.6 Å². The van der Waals surface area contributed by atoms with Crippen LogP contribution in [0.15, 0.2) is 36.5 Å². The van der Waals surface area contributed by atoms with Gasteiger partial charge in [0.05, 0.1) is 11.8 Å².